The number of nitrogens with zero attached hydrogens (tertiary/aromatic N) is 4. The van der Waals surface area contributed by atoms with Gasteiger partial charge >= 0.3 is 0 Å². The van der Waals surface area contributed by atoms with Gasteiger partial charge in [0.25, 0.3) is 6.20 Å². The van der Waals surface area contributed by atoms with E-state index in [0.29, 0.717) is 17.4 Å². The van der Waals surface area contributed by atoms with Crippen LogP contribution in [-0.4, -0.2) is 40.2 Å². The summed E-state index contributed by atoms with van der Waals surface area (Å²) in [6.07, 6.45) is 2.87. The van der Waals surface area contributed by atoms with Crippen molar-refractivity contribution in [2.24, 2.45) is 0 Å². The molecule has 1 rings (SSSR count). The first-order valence-corrected chi connectivity index (χ1v) is 5.98. The highest BCUT2D eigenvalue weighted by molar-refractivity contribution is 7.15. The molecule has 0 saturated heterocycles. The molecular weight excluding hydrogens is 280 g/mol. The van der Waals surface area contributed by atoms with E-state index < -0.39 is 4.92 Å². The van der Waals surface area contributed by atoms with E-state index >= 15 is 0 Å². The van der Waals surface area contributed by atoms with E-state index in [9.17, 15) is 14.9 Å². The van der Waals surface area contributed by atoms with Crippen molar-refractivity contribution < 1.29 is 9.72 Å². The van der Waals surface area contributed by atoms with Crippen molar-refractivity contribution in [3.05, 3.63) is 37.7 Å². The second-order valence-electron chi connectivity index (χ2n) is 3.42. The maximum absolute atomic E-state index is 10.7. The van der Waals surface area contributed by atoms with Crippen molar-refractivity contribution in [3.63, 3.8) is 0 Å². The molecule has 0 radical (unpaired) electrons. The fraction of sp³-hybridized carbons (Fsp3) is 0.333. The molecule has 98 valence electrons. The molecule has 0 spiro atoms. The summed E-state index contributed by atoms with van der Waals surface area (Å²) in [7, 11) is 3.08. The fourth-order valence-electron chi connectivity index (χ4n) is 1.28. The van der Waals surface area contributed by atoms with Crippen LogP contribution in [0.3, 0.4) is 0 Å². The number of carbonyl (C=O) groups excluding carboxylic acids is 1. The largest absolute Gasteiger partial charge is 0.351 e. The molecule has 0 aliphatic carbocycles. The second-order valence-corrected chi connectivity index (χ2v) is 5.12. The van der Waals surface area contributed by atoms with E-state index in [4.69, 9.17) is 11.6 Å². The van der Waals surface area contributed by atoms with E-state index in [1.54, 1.807) is 18.1 Å². The number of hydrogen-bond donors (Lipinski definition) is 0. The van der Waals surface area contributed by atoms with Gasteiger partial charge in [0.05, 0.1) is 11.5 Å². The molecule has 18 heavy (non-hydrogen) atoms. The van der Waals surface area contributed by atoms with Gasteiger partial charge in [0.15, 0.2) is 10.3 Å². The van der Waals surface area contributed by atoms with Gasteiger partial charge in [-0.3, -0.25) is 19.8 Å². The molecule has 1 amide bonds. The first-order chi connectivity index (χ1) is 8.43. The van der Waals surface area contributed by atoms with Crippen molar-refractivity contribution >= 4 is 29.3 Å². The molecule has 0 unspecified atom stereocenters. The maximum atomic E-state index is 10.7. The Morgan fingerprint density at radius 2 is 2.33 bits per heavy atom. The van der Waals surface area contributed by atoms with E-state index in [1.807, 2.05) is 0 Å². The third kappa shape index (κ3) is 3.97. The summed E-state index contributed by atoms with van der Waals surface area (Å²) in [6.45, 7) is 0.377. The average molecular weight is 291 g/mol. The van der Waals surface area contributed by atoms with Crippen molar-refractivity contribution in [1.82, 2.24) is 14.8 Å². The summed E-state index contributed by atoms with van der Waals surface area (Å²) in [4.78, 5) is 28.0. The van der Waals surface area contributed by atoms with Gasteiger partial charge in [0, 0.05) is 25.2 Å². The van der Waals surface area contributed by atoms with Gasteiger partial charge in [-0.15, -0.1) is 11.3 Å². The highest BCUT2D eigenvalue weighted by atomic mass is 35.5. The Balaban J connectivity index is 2.86. The molecule has 1 heterocycles. The quantitative estimate of drug-likeness (QED) is 0.449. The smallest absolute Gasteiger partial charge is 0.274 e. The number of hydrogen-bond acceptors (Lipinski definition) is 6. The minimum absolute atomic E-state index is 0.180. The van der Waals surface area contributed by atoms with Gasteiger partial charge < -0.3 is 4.90 Å². The highest BCUT2D eigenvalue weighted by Crippen LogP contribution is 2.20. The lowest BCUT2D eigenvalue weighted by molar-refractivity contribution is -0.405. The Kier molecular flexibility index (Phi) is 5.05. The third-order valence-electron chi connectivity index (χ3n) is 2.05. The molecule has 0 aromatic carbocycles. The van der Waals surface area contributed by atoms with Crippen LogP contribution < -0.4 is 0 Å². The molecule has 0 saturated carbocycles. The van der Waals surface area contributed by atoms with Crippen LogP contribution in [0, 0.1) is 10.1 Å². The number of carbonyl (C=O) groups is 1. The van der Waals surface area contributed by atoms with Crippen molar-refractivity contribution in [1.29, 1.82) is 0 Å². The summed E-state index contributed by atoms with van der Waals surface area (Å²) >= 11 is 6.98. The summed E-state index contributed by atoms with van der Waals surface area (Å²) in [5.41, 5.74) is 0. The van der Waals surface area contributed by atoms with Crippen LogP contribution in [0.25, 0.3) is 0 Å². The monoisotopic (exact) mass is 290 g/mol. The first kappa shape index (κ1) is 14.4. The number of aromatic nitrogens is 1. The lowest BCUT2D eigenvalue weighted by atomic mass is 10.4. The Labute approximate surface area is 112 Å². The summed E-state index contributed by atoms with van der Waals surface area (Å²) in [5.74, 6) is 0.180. The molecular formula is C9H11ClN4O3S. The Hall–Kier alpha value is -1.67. The third-order valence-corrected chi connectivity index (χ3v) is 3.15. The normalized spacial score (nSPS) is 11.2. The van der Waals surface area contributed by atoms with E-state index in [-0.39, 0.29) is 5.82 Å². The van der Waals surface area contributed by atoms with Gasteiger partial charge in [-0.05, 0) is 0 Å². The van der Waals surface area contributed by atoms with Gasteiger partial charge in [-0.1, -0.05) is 11.6 Å². The van der Waals surface area contributed by atoms with Crippen LogP contribution in [0.5, 0.6) is 0 Å². The topological polar surface area (TPSA) is 79.6 Å². The first-order valence-electron chi connectivity index (χ1n) is 4.79. The number of amides is 1. The van der Waals surface area contributed by atoms with Gasteiger partial charge in [-0.25, -0.2) is 4.98 Å². The number of rotatable bonds is 6. The van der Waals surface area contributed by atoms with Crippen molar-refractivity contribution in [2.45, 2.75) is 6.54 Å². The second kappa shape index (κ2) is 6.31. The predicted molar refractivity (Wildman–Crippen MR) is 67.5 cm³/mol. The van der Waals surface area contributed by atoms with Crippen LogP contribution in [0.1, 0.15) is 4.88 Å². The molecule has 7 nitrogen and oxygen atoms in total. The van der Waals surface area contributed by atoms with Crippen LogP contribution in [0.2, 0.25) is 4.47 Å². The van der Waals surface area contributed by atoms with Crippen molar-refractivity contribution in [3.8, 4) is 0 Å². The van der Waals surface area contributed by atoms with E-state index in [2.05, 4.69) is 4.98 Å². The summed E-state index contributed by atoms with van der Waals surface area (Å²) < 4.78 is 0.405. The van der Waals surface area contributed by atoms with Gasteiger partial charge in [0.1, 0.15) is 0 Å². The maximum Gasteiger partial charge on any atom is 0.274 e. The average Bonchev–Trinajstić information content (AvgIpc) is 2.70. The fourth-order valence-corrected chi connectivity index (χ4v) is 2.31. The van der Waals surface area contributed by atoms with Crippen molar-refractivity contribution in [2.75, 3.05) is 14.1 Å². The standard InChI is InChI=1S/C9H11ClN4O3S/c1-12(4-7-3-11-9(10)18-7)8(5-14(16)17)13(2)6-15/h3,5-6H,4H2,1-2H3/b8-5-. The summed E-state index contributed by atoms with van der Waals surface area (Å²) in [6, 6.07) is 0. The summed E-state index contributed by atoms with van der Waals surface area (Å²) in [5, 5.41) is 10.5. The SMILES string of the molecule is CN(C=O)/C(=C\[N+](=O)[O-])N(C)Cc1cnc(Cl)s1. The van der Waals surface area contributed by atoms with Gasteiger partial charge in [-0.2, -0.15) is 0 Å². The van der Waals surface area contributed by atoms with Crippen LogP contribution >= 0.6 is 22.9 Å². The van der Waals surface area contributed by atoms with E-state index in [0.717, 1.165) is 16.0 Å². The lowest BCUT2D eigenvalue weighted by Gasteiger charge is -2.24. The Morgan fingerprint density at radius 1 is 1.67 bits per heavy atom. The molecule has 0 fully saturated rings. The zero-order valence-electron chi connectivity index (χ0n) is 9.74. The van der Waals surface area contributed by atoms with Crippen LogP contribution in [-0.2, 0) is 11.3 Å². The zero-order valence-corrected chi connectivity index (χ0v) is 11.3. The van der Waals surface area contributed by atoms with Crippen LogP contribution in [0.4, 0.5) is 0 Å². The number of thiazole rings is 1. The molecule has 0 N–H and O–H groups in total. The Morgan fingerprint density at radius 3 is 2.78 bits per heavy atom. The molecule has 0 bridgehead atoms. The molecule has 0 atom stereocenters. The molecule has 9 heteroatoms. The highest BCUT2D eigenvalue weighted by Gasteiger charge is 2.15. The lowest BCUT2D eigenvalue weighted by Crippen LogP contribution is -2.30. The predicted octanol–water partition coefficient (Wildman–Crippen LogP) is 1.39. The molecule has 0 aliphatic rings. The van der Waals surface area contributed by atoms with E-state index in [1.165, 1.54) is 18.4 Å². The minimum atomic E-state index is -0.606. The Bertz CT molecular complexity index is 476. The molecule has 1 aromatic heterocycles. The van der Waals surface area contributed by atoms with Gasteiger partial charge in [0.2, 0.25) is 6.41 Å². The number of nitro groups is 1. The van der Waals surface area contributed by atoms with Crippen LogP contribution in [0.15, 0.2) is 18.2 Å². The minimum Gasteiger partial charge on any atom is -0.351 e. The molecule has 0 aliphatic heterocycles. The zero-order chi connectivity index (χ0) is 13.7. The number of halogens is 1. The molecule has 1 aromatic rings.